The van der Waals surface area contributed by atoms with E-state index in [-0.39, 0.29) is 5.97 Å². The Morgan fingerprint density at radius 1 is 1.14 bits per heavy atom. The lowest BCUT2D eigenvalue weighted by atomic mass is 10.2. The lowest BCUT2D eigenvalue weighted by molar-refractivity contribution is -0.143. The molecule has 0 atom stereocenters. The summed E-state index contributed by atoms with van der Waals surface area (Å²) < 4.78 is 5.05. The van der Waals surface area contributed by atoms with Crippen LogP contribution in [0.2, 0.25) is 0 Å². The number of hydrogen-bond acceptors (Lipinski definition) is 2. The van der Waals surface area contributed by atoms with Crippen molar-refractivity contribution in [3.05, 3.63) is 0 Å². The van der Waals surface area contributed by atoms with E-state index in [1.807, 2.05) is 0 Å². The predicted molar refractivity (Wildman–Crippen MR) is 59.7 cm³/mol. The smallest absolute Gasteiger partial charge is 0.305 e. The van der Waals surface area contributed by atoms with Crippen LogP contribution in [-0.2, 0) is 9.53 Å². The molecule has 0 aromatic carbocycles. The molecule has 0 aliphatic heterocycles. The molecule has 0 saturated carbocycles. The topological polar surface area (TPSA) is 26.3 Å². The van der Waals surface area contributed by atoms with Crippen LogP contribution >= 0.6 is 11.6 Å². The second-order valence-corrected chi connectivity index (χ2v) is 3.81. The van der Waals surface area contributed by atoms with Crippen molar-refractivity contribution in [2.24, 2.45) is 0 Å². The average Bonchev–Trinajstić information content (AvgIpc) is 2.18. The van der Waals surface area contributed by atoms with Gasteiger partial charge in [0.15, 0.2) is 0 Å². The third-order valence-electron chi connectivity index (χ3n) is 2.03. The van der Waals surface area contributed by atoms with Crippen LogP contribution < -0.4 is 0 Å². The van der Waals surface area contributed by atoms with Gasteiger partial charge in [0.25, 0.3) is 0 Å². The fraction of sp³-hybridized carbons (Fsp3) is 0.909. The van der Waals surface area contributed by atoms with Crippen LogP contribution in [0.5, 0.6) is 0 Å². The summed E-state index contributed by atoms with van der Waals surface area (Å²) in [6, 6.07) is 0. The van der Waals surface area contributed by atoms with Gasteiger partial charge in [-0.15, -0.1) is 11.6 Å². The van der Waals surface area contributed by atoms with Gasteiger partial charge in [-0.1, -0.05) is 19.8 Å². The number of carbonyl (C=O) groups is 1. The maximum absolute atomic E-state index is 11.1. The largest absolute Gasteiger partial charge is 0.466 e. The highest BCUT2D eigenvalue weighted by Gasteiger charge is 2.01. The van der Waals surface area contributed by atoms with E-state index in [0.29, 0.717) is 18.9 Å². The highest BCUT2D eigenvalue weighted by molar-refractivity contribution is 6.17. The van der Waals surface area contributed by atoms with Gasteiger partial charge < -0.3 is 4.74 Å². The van der Waals surface area contributed by atoms with Gasteiger partial charge in [0, 0.05) is 12.3 Å². The number of esters is 1. The van der Waals surface area contributed by atoms with Crippen molar-refractivity contribution in [3.8, 4) is 0 Å². The van der Waals surface area contributed by atoms with E-state index in [1.54, 1.807) is 0 Å². The first-order valence-electron chi connectivity index (χ1n) is 5.52. The average molecular weight is 221 g/mol. The quantitative estimate of drug-likeness (QED) is 0.338. The molecule has 0 rings (SSSR count). The molecular weight excluding hydrogens is 200 g/mol. The maximum Gasteiger partial charge on any atom is 0.305 e. The zero-order chi connectivity index (χ0) is 10.6. The molecule has 0 saturated heterocycles. The minimum atomic E-state index is -0.0516. The summed E-state index contributed by atoms with van der Waals surface area (Å²) in [6.07, 6.45) is 6.78. The Balaban J connectivity index is 3.10. The molecule has 84 valence electrons. The Bertz CT molecular complexity index is 137. The fourth-order valence-electron chi connectivity index (χ4n) is 1.15. The monoisotopic (exact) mass is 220 g/mol. The normalized spacial score (nSPS) is 10.1. The van der Waals surface area contributed by atoms with Crippen LogP contribution in [0, 0.1) is 0 Å². The Morgan fingerprint density at radius 3 is 2.57 bits per heavy atom. The highest BCUT2D eigenvalue weighted by Crippen LogP contribution is 2.02. The lowest BCUT2D eigenvalue weighted by Crippen LogP contribution is -2.05. The minimum absolute atomic E-state index is 0.0516. The summed E-state index contributed by atoms with van der Waals surface area (Å²) in [5.74, 6) is 0.647. The standard InChI is InChI=1S/C11H21ClO2/c1-2-3-5-8-11(13)14-10-7-4-6-9-12/h2-10H2,1H3. The number of halogens is 1. The van der Waals surface area contributed by atoms with Crippen LogP contribution in [-0.4, -0.2) is 18.5 Å². The number of hydrogen-bond donors (Lipinski definition) is 0. The van der Waals surface area contributed by atoms with Gasteiger partial charge in [0.05, 0.1) is 6.61 Å². The van der Waals surface area contributed by atoms with Crippen LogP contribution in [0.15, 0.2) is 0 Å². The molecule has 2 nitrogen and oxygen atoms in total. The first-order chi connectivity index (χ1) is 6.81. The van der Waals surface area contributed by atoms with Crippen molar-refractivity contribution in [2.45, 2.75) is 51.9 Å². The number of rotatable bonds is 9. The Kier molecular flexibility index (Phi) is 10.7. The SMILES string of the molecule is CCCCCC(=O)OCCCCCCl. The number of unbranched alkanes of at least 4 members (excludes halogenated alkanes) is 4. The Labute approximate surface area is 92.0 Å². The van der Waals surface area contributed by atoms with Gasteiger partial charge >= 0.3 is 5.97 Å². The predicted octanol–water partition coefficient (Wildman–Crippen LogP) is 3.52. The summed E-state index contributed by atoms with van der Waals surface area (Å²) in [4.78, 5) is 11.1. The summed E-state index contributed by atoms with van der Waals surface area (Å²) >= 11 is 5.52. The van der Waals surface area contributed by atoms with Gasteiger partial charge in [-0.2, -0.15) is 0 Å². The van der Waals surface area contributed by atoms with Crippen LogP contribution in [0.3, 0.4) is 0 Å². The van der Waals surface area contributed by atoms with Crippen molar-refractivity contribution >= 4 is 17.6 Å². The number of alkyl halides is 1. The van der Waals surface area contributed by atoms with Crippen molar-refractivity contribution < 1.29 is 9.53 Å². The molecule has 0 aliphatic carbocycles. The van der Waals surface area contributed by atoms with Crippen molar-refractivity contribution in [1.82, 2.24) is 0 Å². The van der Waals surface area contributed by atoms with Gasteiger partial charge in [0.1, 0.15) is 0 Å². The second kappa shape index (κ2) is 10.8. The maximum atomic E-state index is 11.1. The summed E-state index contributed by atoms with van der Waals surface area (Å²) in [6.45, 7) is 2.68. The molecule has 0 fully saturated rings. The van der Waals surface area contributed by atoms with Gasteiger partial charge in [-0.25, -0.2) is 0 Å². The third-order valence-corrected chi connectivity index (χ3v) is 2.29. The third kappa shape index (κ3) is 9.85. The molecule has 3 heteroatoms. The Morgan fingerprint density at radius 2 is 1.93 bits per heavy atom. The molecule has 0 aromatic heterocycles. The van der Waals surface area contributed by atoms with Crippen molar-refractivity contribution in [3.63, 3.8) is 0 Å². The van der Waals surface area contributed by atoms with Crippen LogP contribution in [0.1, 0.15) is 51.9 Å². The van der Waals surface area contributed by atoms with E-state index in [1.165, 1.54) is 0 Å². The molecule has 0 amide bonds. The molecule has 0 spiro atoms. The van der Waals surface area contributed by atoms with Crippen molar-refractivity contribution in [1.29, 1.82) is 0 Å². The van der Waals surface area contributed by atoms with Crippen molar-refractivity contribution in [2.75, 3.05) is 12.5 Å². The molecule has 0 radical (unpaired) electrons. The highest BCUT2D eigenvalue weighted by atomic mass is 35.5. The van der Waals surface area contributed by atoms with E-state index >= 15 is 0 Å². The van der Waals surface area contributed by atoms with E-state index in [2.05, 4.69) is 6.92 Å². The van der Waals surface area contributed by atoms with E-state index in [0.717, 1.165) is 38.5 Å². The molecule has 0 aromatic rings. The lowest BCUT2D eigenvalue weighted by Gasteiger charge is -2.03. The first kappa shape index (κ1) is 13.8. The van der Waals surface area contributed by atoms with E-state index in [9.17, 15) is 4.79 Å². The summed E-state index contributed by atoms with van der Waals surface area (Å²) in [7, 11) is 0. The molecule has 0 bridgehead atoms. The van der Waals surface area contributed by atoms with E-state index in [4.69, 9.17) is 16.3 Å². The Hall–Kier alpha value is -0.240. The molecule has 0 heterocycles. The first-order valence-corrected chi connectivity index (χ1v) is 6.06. The zero-order valence-corrected chi connectivity index (χ0v) is 9.81. The second-order valence-electron chi connectivity index (χ2n) is 3.43. The summed E-state index contributed by atoms with van der Waals surface area (Å²) in [5, 5.41) is 0. The van der Waals surface area contributed by atoms with E-state index < -0.39 is 0 Å². The fourth-order valence-corrected chi connectivity index (χ4v) is 1.34. The van der Waals surface area contributed by atoms with Gasteiger partial charge in [-0.05, 0) is 25.7 Å². The molecular formula is C11H21ClO2. The van der Waals surface area contributed by atoms with Gasteiger partial charge in [0.2, 0.25) is 0 Å². The van der Waals surface area contributed by atoms with Crippen LogP contribution in [0.4, 0.5) is 0 Å². The van der Waals surface area contributed by atoms with Crippen LogP contribution in [0.25, 0.3) is 0 Å². The minimum Gasteiger partial charge on any atom is -0.466 e. The molecule has 14 heavy (non-hydrogen) atoms. The van der Waals surface area contributed by atoms with Gasteiger partial charge in [-0.3, -0.25) is 4.79 Å². The zero-order valence-electron chi connectivity index (χ0n) is 9.06. The molecule has 0 N–H and O–H groups in total. The number of ether oxygens (including phenoxy) is 1. The summed E-state index contributed by atoms with van der Waals surface area (Å²) in [5.41, 5.74) is 0. The molecule has 0 aliphatic rings. The number of carbonyl (C=O) groups excluding carboxylic acids is 1. The molecule has 0 unspecified atom stereocenters.